The van der Waals surface area contributed by atoms with Crippen molar-refractivity contribution in [2.75, 3.05) is 39.1 Å². The molecule has 3 rings (SSSR count). The standard InChI is InChI=1S/C20H29N7O4/c1-13-8-27(14(2)11-28)20(30)16-7-15(22-19(29)10-26-12-21-23-24-26)5-6-17(16)31-18(13)9-25(3)4/h5-7,12-14,18,28H,8-11H2,1-4H3,(H,22,29)/t13-,14+,18-/m1/s1. The van der Waals surface area contributed by atoms with Crippen LogP contribution < -0.4 is 10.1 Å². The highest BCUT2D eigenvalue weighted by Gasteiger charge is 2.33. The number of nitrogens with one attached hydrogen (secondary N) is 1. The minimum absolute atomic E-state index is 0.0510. The van der Waals surface area contributed by atoms with Gasteiger partial charge in [-0.3, -0.25) is 9.59 Å². The summed E-state index contributed by atoms with van der Waals surface area (Å²) >= 11 is 0. The highest BCUT2D eigenvalue weighted by atomic mass is 16.5. The molecule has 0 saturated carbocycles. The lowest BCUT2D eigenvalue weighted by Gasteiger charge is -2.37. The van der Waals surface area contributed by atoms with E-state index >= 15 is 0 Å². The van der Waals surface area contributed by atoms with Crippen LogP contribution in [0.5, 0.6) is 5.75 Å². The number of rotatable bonds is 7. The maximum atomic E-state index is 13.3. The molecule has 3 atom stereocenters. The van der Waals surface area contributed by atoms with Crippen molar-refractivity contribution < 1.29 is 19.4 Å². The second-order valence-corrected chi connectivity index (χ2v) is 8.15. The van der Waals surface area contributed by atoms with E-state index in [0.29, 0.717) is 30.1 Å². The number of aromatic nitrogens is 4. The molecule has 1 aromatic carbocycles. The number of likely N-dealkylation sites (N-methyl/N-ethyl adjacent to an activating group) is 1. The van der Waals surface area contributed by atoms with Crippen molar-refractivity contribution in [2.24, 2.45) is 5.92 Å². The van der Waals surface area contributed by atoms with Crippen LogP contribution in [0.3, 0.4) is 0 Å². The van der Waals surface area contributed by atoms with E-state index < -0.39 is 0 Å². The van der Waals surface area contributed by atoms with Gasteiger partial charge in [0.25, 0.3) is 5.91 Å². The Hall–Kier alpha value is -3.05. The number of benzene rings is 1. The number of tetrazole rings is 1. The van der Waals surface area contributed by atoms with Crippen LogP contribution in [0.1, 0.15) is 24.2 Å². The van der Waals surface area contributed by atoms with Gasteiger partial charge in [-0.05, 0) is 49.6 Å². The van der Waals surface area contributed by atoms with E-state index in [9.17, 15) is 14.7 Å². The molecule has 2 amide bonds. The monoisotopic (exact) mass is 431 g/mol. The van der Waals surface area contributed by atoms with E-state index in [4.69, 9.17) is 4.74 Å². The molecule has 0 saturated heterocycles. The zero-order chi connectivity index (χ0) is 22.5. The first-order chi connectivity index (χ1) is 14.8. The zero-order valence-electron chi connectivity index (χ0n) is 18.2. The number of fused-ring (bicyclic) bond motifs is 1. The molecular formula is C20H29N7O4. The first-order valence-corrected chi connectivity index (χ1v) is 10.2. The molecule has 1 aromatic heterocycles. The van der Waals surface area contributed by atoms with Crippen LogP contribution >= 0.6 is 0 Å². The average Bonchev–Trinajstić information content (AvgIpc) is 3.23. The molecule has 11 nitrogen and oxygen atoms in total. The summed E-state index contributed by atoms with van der Waals surface area (Å²) in [5.41, 5.74) is 0.805. The van der Waals surface area contributed by atoms with E-state index in [1.807, 2.05) is 32.8 Å². The Bertz CT molecular complexity index is 903. The van der Waals surface area contributed by atoms with Crippen LogP contribution in [0.15, 0.2) is 24.5 Å². The molecule has 1 aliphatic rings. The molecule has 168 valence electrons. The topological polar surface area (TPSA) is 126 Å². The molecule has 0 unspecified atom stereocenters. The normalized spacial score (nSPS) is 19.9. The van der Waals surface area contributed by atoms with Crippen molar-refractivity contribution in [3.63, 3.8) is 0 Å². The molecule has 2 heterocycles. The third-order valence-corrected chi connectivity index (χ3v) is 5.19. The van der Waals surface area contributed by atoms with Crippen LogP contribution in [0.4, 0.5) is 5.69 Å². The van der Waals surface area contributed by atoms with Crippen molar-refractivity contribution in [3.05, 3.63) is 30.1 Å². The molecule has 0 radical (unpaired) electrons. The van der Waals surface area contributed by atoms with Crippen LogP contribution in [0.25, 0.3) is 0 Å². The van der Waals surface area contributed by atoms with Gasteiger partial charge in [-0.2, -0.15) is 0 Å². The number of carbonyl (C=O) groups is 2. The first kappa shape index (κ1) is 22.6. The number of carbonyl (C=O) groups excluding carboxylic acids is 2. The Morgan fingerprint density at radius 1 is 1.42 bits per heavy atom. The second kappa shape index (κ2) is 9.84. The van der Waals surface area contributed by atoms with Gasteiger partial charge in [0, 0.05) is 24.7 Å². The van der Waals surface area contributed by atoms with Gasteiger partial charge in [0.05, 0.1) is 18.2 Å². The molecular weight excluding hydrogens is 402 g/mol. The van der Waals surface area contributed by atoms with Gasteiger partial charge in [0.1, 0.15) is 24.7 Å². The molecule has 31 heavy (non-hydrogen) atoms. The summed E-state index contributed by atoms with van der Waals surface area (Å²) in [7, 11) is 3.94. The fourth-order valence-electron chi connectivity index (χ4n) is 3.48. The molecule has 0 fully saturated rings. The zero-order valence-corrected chi connectivity index (χ0v) is 18.2. The van der Waals surface area contributed by atoms with Crippen LogP contribution in [0.2, 0.25) is 0 Å². The van der Waals surface area contributed by atoms with E-state index in [0.717, 1.165) is 0 Å². The van der Waals surface area contributed by atoms with Gasteiger partial charge < -0.3 is 25.0 Å². The lowest BCUT2D eigenvalue weighted by molar-refractivity contribution is -0.116. The number of hydrogen-bond donors (Lipinski definition) is 2. The third-order valence-electron chi connectivity index (χ3n) is 5.19. The Morgan fingerprint density at radius 2 is 2.19 bits per heavy atom. The fourth-order valence-corrected chi connectivity index (χ4v) is 3.48. The molecule has 0 aliphatic carbocycles. The first-order valence-electron chi connectivity index (χ1n) is 10.2. The average molecular weight is 431 g/mol. The highest BCUT2D eigenvalue weighted by Crippen LogP contribution is 2.30. The maximum Gasteiger partial charge on any atom is 0.258 e. The van der Waals surface area contributed by atoms with Gasteiger partial charge in [-0.15, -0.1) is 5.10 Å². The largest absolute Gasteiger partial charge is 0.488 e. The molecule has 1 aliphatic heterocycles. The van der Waals surface area contributed by atoms with E-state index in [1.54, 1.807) is 23.1 Å². The molecule has 0 spiro atoms. The molecule has 2 N–H and O–H groups in total. The number of aliphatic hydroxyl groups excluding tert-OH is 1. The summed E-state index contributed by atoms with van der Waals surface area (Å²) in [6, 6.07) is 4.65. The van der Waals surface area contributed by atoms with Crippen molar-refractivity contribution in [1.82, 2.24) is 30.0 Å². The van der Waals surface area contributed by atoms with E-state index in [-0.39, 0.29) is 43.0 Å². The van der Waals surface area contributed by atoms with Crippen LogP contribution in [-0.4, -0.2) is 92.9 Å². The van der Waals surface area contributed by atoms with Crippen molar-refractivity contribution in [3.8, 4) is 5.75 Å². The van der Waals surface area contributed by atoms with Gasteiger partial charge in [0.15, 0.2) is 0 Å². The van der Waals surface area contributed by atoms with Crippen molar-refractivity contribution >= 4 is 17.5 Å². The number of amides is 2. The summed E-state index contributed by atoms with van der Waals surface area (Å²) in [6.07, 6.45) is 1.20. The highest BCUT2D eigenvalue weighted by molar-refractivity contribution is 5.99. The SMILES string of the molecule is C[C@@H]1CN([C@@H](C)CO)C(=O)c2cc(NC(=O)Cn3cnnn3)ccc2O[C@@H]1CN(C)C. The third kappa shape index (κ3) is 5.56. The Kier molecular flexibility index (Phi) is 7.18. The lowest BCUT2D eigenvalue weighted by Crippen LogP contribution is -2.49. The molecule has 0 bridgehead atoms. The van der Waals surface area contributed by atoms with Crippen molar-refractivity contribution in [2.45, 2.75) is 32.5 Å². The quantitative estimate of drug-likeness (QED) is 0.632. The number of ether oxygens (including phenoxy) is 1. The number of aliphatic hydroxyl groups is 1. The van der Waals surface area contributed by atoms with Gasteiger partial charge >= 0.3 is 0 Å². The van der Waals surface area contributed by atoms with E-state index in [2.05, 4.69) is 20.8 Å². The Balaban J connectivity index is 1.90. The number of anilines is 1. The Labute approximate surface area is 181 Å². The smallest absolute Gasteiger partial charge is 0.258 e. The second-order valence-electron chi connectivity index (χ2n) is 8.15. The molecule has 2 aromatic rings. The summed E-state index contributed by atoms with van der Waals surface area (Å²) in [4.78, 5) is 29.3. The van der Waals surface area contributed by atoms with E-state index in [1.165, 1.54) is 11.0 Å². The number of hydrogen-bond acceptors (Lipinski definition) is 8. The summed E-state index contributed by atoms with van der Waals surface area (Å²) in [5, 5.41) is 23.1. The summed E-state index contributed by atoms with van der Waals surface area (Å²) < 4.78 is 7.54. The van der Waals surface area contributed by atoms with Gasteiger partial charge in [0.2, 0.25) is 5.91 Å². The number of nitrogens with zero attached hydrogens (tertiary/aromatic N) is 6. The van der Waals surface area contributed by atoms with Crippen molar-refractivity contribution in [1.29, 1.82) is 0 Å². The predicted molar refractivity (Wildman–Crippen MR) is 113 cm³/mol. The minimum atomic E-state index is -0.348. The molecule has 11 heteroatoms. The Morgan fingerprint density at radius 3 is 2.84 bits per heavy atom. The van der Waals surface area contributed by atoms with Crippen LogP contribution in [0, 0.1) is 5.92 Å². The minimum Gasteiger partial charge on any atom is -0.488 e. The summed E-state index contributed by atoms with van der Waals surface area (Å²) in [5.74, 6) is -0.0596. The van der Waals surface area contributed by atoms with Crippen LogP contribution in [-0.2, 0) is 11.3 Å². The van der Waals surface area contributed by atoms with Gasteiger partial charge in [-0.1, -0.05) is 6.92 Å². The lowest BCUT2D eigenvalue weighted by atomic mass is 9.99. The maximum absolute atomic E-state index is 13.3. The van der Waals surface area contributed by atoms with Gasteiger partial charge in [-0.25, -0.2) is 4.68 Å². The summed E-state index contributed by atoms with van der Waals surface area (Å²) in [6.45, 7) is 4.79. The predicted octanol–water partition coefficient (Wildman–Crippen LogP) is 0.0935. The fraction of sp³-hybridized carbons (Fsp3) is 0.550.